The van der Waals surface area contributed by atoms with Crippen LogP contribution in [0.25, 0.3) is 15.8 Å². The highest BCUT2D eigenvalue weighted by molar-refractivity contribution is 7.20. The smallest absolute Gasteiger partial charge is 0.186 e. The molecule has 0 bridgehead atoms. The van der Waals surface area contributed by atoms with Gasteiger partial charge in [-0.1, -0.05) is 59.7 Å². The number of hydrogen-bond donors (Lipinski definition) is 0. The molecule has 0 amide bonds. The molecule has 0 N–H and O–H groups in total. The van der Waals surface area contributed by atoms with Crippen molar-refractivity contribution in [1.29, 1.82) is 0 Å². The third kappa shape index (κ3) is 4.92. The average Bonchev–Trinajstić information content (AvgIpc) is 3.51. The zero-order valence-electron chi connectivity index (χ0n) is 23.6. The summed E-state index contributed by atoms with van der Waals surface area (Å²) >= 11 is 1.82. The van der Waals surface area contributed by atoms with E-state index >= 15 is 0 Å². The molecule has 198 valence electrons. The third-order valence-corrected chi connectivity index (χ3v) is 8.42. The molecule has 3 aromatic rings. The Balaban J connectivity index is 1.76. The van der Waals surface area contributed by atoms with E-state index < -0.39 is 0 Å². The minimum Gasteiger partial charge on any atom is -0.497 e. The van der Waals surface area contributed by atoms with Crippen LogP contribution in [0.4, 0.5) is 5.69 Å². The van der Waals surface area contributed by atoms with Crippen LogP contribution in [0.15, 0.2) is 83.5 Å². The number of benzene rings is 2. The topological polar surface area (TPSA) is 32.8 Å². The van der Waals surface area contributed by atoms with Crippen LogP contribution in [-0.2, 0) is 4.79 Å². The molecule has 0 spiro atoms. The van der Waals surface area contributed by atoms with Gasteiger partial charge in [0.15, 0.2) is 5.78 Å². The maximum Gasteiger partial charge on any atom is 0.186 e. The summed E-state index contributed by atoms with van der Waals surface area (Å²) in [5.41, 5.74) is 4.61. The van der Waals surface area contributed by atoms with Crippen LogP contribution in [0.5, 0.6) is 5.75 Å². The highest BCUT2D eigenvalue weighted by Crippen LogP contribution is 2.44. The van der Waals surface area contributed by atoms with Crippen molar-refractivity contribution in [3.05, 3.63) is 88.3 Å². The highest BCUT2D eigenvalue weighted by atomic mass is 32.1. The summed E-state index contributed by atoms with van der Waals surface area (Å²) in [6, 6.07) is 19.2. The lowest BCUT2D eigenvalue weighted by Crippen LogP contribution is -2.36. The highest BCUT2D eigenvalue weighted by Gasteiger charge is 2.36. The minimum atomic E-state index is -0.265. The Labute approximate surface area is 230 Å². The van der Waals surface area contributed by atoms with E-state index in [0.29, 0.717) is 0 Å². The van der Waals surface area contributed by atoms with Crippen molar-refractivity contribution in [1.82, 2.24) is 5.01 Å². The Hall–Kier alpha value is -3.31. The fourth-order valence-corrected chi connectivity index (χ4v) is 6.40. The lowest BCUT2D eigenvalue weighted by Gasteiger charge is -2.36. The van der Waals surface area contributed by atoms with E-state index in [4.69, 9.17) is 4.74 Å². The molecule has 0 radical (unpaired) electrons. The van der Waals surface area contributed by atoms with Crippen LogP contribution in [0.1, 0.15) is 52.8 Å². The number of carbonyl (C=O) groups excluding carboxylic acids is 1. The Morgan fingerprint density at radius 1 is 0.868 bits per heavy atom. The Morgan fingerprint density at radius 3 is 2.08 bits per heavy atom. The molecule has 1 saturated heterocycles. The Morgan fingerprint density at radius 2 is 1.50 bits per heavy atom. The molecule has 5 rings (SSSR count). The zero-order chi connectivity index (χ0) is 27.2. The number of fused-ring (bicyclic) bond motifs is 1. The molecule has 0 saturated carbocycles. The van der Waals surface area contributed by atoms with Crippen LogP contribution in [-0.4, -0.2) is 31.0 Å². The van der Waals surface area contributed by atoms with Crippen LogP contribution in [0.2, 0.25) is 0 Å². The summed E-state index contributed by atoms with van der Waals surface area (Å²) in [7, 11) is 1.70. The van der Waals surface area contributed by atoms with E-state index in [9.17, 15) is 4.79 Å². The van der Waals surface area contributed by atoms with Crippen LogP contribution in [0.3, 0.4) is 0 Å². The number of ketones is 1. The number of Topliss-reactive ketones (excluding diaryl/α,β-unsaturated/α-hetero) is 1. The molecule has 1 fully saturated rings. The van der Waals surface area contributed by atoms with Gasteiger partial charge in [-0.25, -0.2) is 0 Å². The van der Waals surface area contributed by atoms with Gasteiger partial charge in [-0.05, 0) is 71.2 Å². The normalized spacial score (nSPS) is 16.7. The molecule has 4 nitrogen and oxygen atoms in total. The van der Waals surface area contributed by atoms with Gasteiger partial charge in [0.25, 0.3) is 0 Å². The van der Waals surface area contributed by atoms with Crippen molar-refractivity contribution in [2.75, 3.05) is 25.2 Å². The zero-order valence-corrected chi connectivity index (χ0v) is 24.4. The summed E-state index contributed by atoms with van der Waals surface area (Å²) in [4.78, 5) is 15.0. The van der Waals surface area contributed by atoms with Gasteiger partial charge in [0.2, 0.25) is 0 Å². The summed E-state index contributed by atoms with van der Waals surface area (Å²) in [6.45, 7) is 14.7. The van der Waals surface area contributed by atoms with E-state index in [2.05, 4.69) is 106 Å². The first-order valence-electron chi connectivity index (χ1n) is 13.4. The summed E-state index contributed by atoms with van der Waals surface area (Å²) in [6.07, 6.45) is 5.36. The standard InChI is InChI=1S/C33H38N2O2S/c1-32(2,3)26-19-23(20-27(31(26)36)33(4,5)6)30(29-21-22-11-8-9-12-28(22)38-29)35-18-10-17-34(35)24-13-15-25(37-7)16-14-24/h8-9,11-16,19-21H,10,17-18H2,1-7H3. The number of hydrogen-bond acceptors (Lipinski definition) is 5. The lowest BCUT2D eigenvalue weighted by molar-refractivity contribution is -0.114. The number of hydrazine groups is 1. The largest absolute Gasteiger partial charge is 0.497 e. The van der Waals surface area contributed by atoms with Crippen molar-refractivity contribution in [3.8, 4) is 5.75 Å². The van der Waals surface area contributed by atoms with Crippen molar-refractivity contribution in [2.24, 2.45) is 10.8 Å². The van der Waals surface area contributed by atoms with E-state index in [1.54, 1.807) is 7.11 Å². The Kier molecular flexibility index (Phi) is 6.77. The maximum absolute atomic E-state index is 13.7. The number of allylic oxidation sites excluding steroid dienone is 5. The molecule has 2 aromatic carbocycles. The van der Waals surface area contributed by atoms with Crippen molar-refractivity contribution >= 4 is 38.6 Å². The molecule has 0 atom stereocenters. The molecule has 5 heteroatoms. The molecule has 1 aromatic heterocycles. The first kappa shape index (κ1) is 26.3. The van der Waals surface area contributed by atoms with Gasteiger partial charge in [-0.15, -0.1) is 11.3 Å². The summed E-state index contributed by atoms with van der Waals surface area (Å²) in [5.74, 6) is 1.02. The molecular weight excluding hydrogens is 488 g/mol. The van der Waals surface area contributed by atoms with Gasteiger partial charge in [-0.3, -0.25) is 14.8 Å². The molecular formula is C33H38N2O2S. The van der Waals surface area contributed by atoms with Gasteiger partial charge in [0, 0.05) is 34.5 Å². The number of anilines is 1. The molecule has 1 aliphatic carbocycles. The van der Waals surface area contributed by atoms with Crippen LogP contribution in [0, 0.1) is 10.8 Å². The van der Waals surface area contributed by atoms with E-state index in [-0.39, 0.29) is 16.6 Å². The van der Waals surface area contributed by atoms with E-state index in [0.717, 1.165) is 53.4 Å². The summed E-state index contributed by atoms with van der Waals surface area (Å²) in [5, 5.41) is 6.04. The second kappa shape index (κ2) is 9.77. The lowest BCUT2D eigenvalue weighted by atomic mass is 9.71. The average molecular weight is 527 g/mol. The fraction of sp³-hybridized carbons (Fsp3) is 0.364. The number of carbonyl (C=O) groups is 1. The van der Waals surface area contributed by atoms with Gasteiger partial charge in [0.1, 0.15) is 5.75 Å². The minimum absolute atomic E-state index is 0.165. The van der Waals surface area contributed by atoms with Crippen molar-refractivity contribution in [3.63, 3.8) is 0 Å². The second-order valence-electron chi connectivity index (χ2n) is 12.2. The summed E-state index contributed by atoms with van der Waals surface area (Å²) < 4.78 is 6.68. The molecule has 2 aliphatic rings. The fourth-order valence-electron chi connectivity index (χ4n) is 5.26. The van der Waals surface area contributed by atoms with Crippen molar-refractivity contribution in [2.45, 2.75) is 48.0 Å². The van der Waals surface area contributed by atoms with Gasteiger partial charge >= 0.3 is 0 Å². The molecule has 0 unspecified atom stereocenters. The van der Waals surface area contributed by atoms with Crippen LogP contribution < -0.4 is 9.75 Å². The van der Waals surface area contributed by atoms with Crippen molar-refractivity contribution < 1.29 is 9.53 Å². The number of nitrogens with zero attached hydrogens (tertiary/aromatic N) is 2. The van der Waals surface area contributed by atoms with Gasteiger partial charge < -0.3 is 4.74 Å². The van der Waals surface area contributed by atoms with E-state index in [1.807, 2.05) is 23.5 Å². The Bertz CT molecular complexity index is 1390. The molecule has 38 heavy (non-hydrogen) atoms. The molecule has 1 aliphatic heterocycles. The monoisotopic (exact) mass is 526 g/mol. The number of ether oxygens (including phenoxy) is 1. The number of rotatable bonds is 4. The first-order chi connectivity index (χ1) is 18.0. The predicted molar refractivity (Wildman–Crippen MR) is 160 cm³/mol. The number of thiophene rings is 1. The third-order valence-electron chi connectivity index (χ3n) is 7.30. The SMILES string of the molecule is COc1ccc(N2CCCN2C(=C2C=C(C(C)(C)C)C(=O)C(C(C)(C)C)=C2)c2cc3ccccc3s2)cc1. The van der Waals surface area contributed by atoms with Gasteiger partial charge in [-0.2, -0.15) is 0 Å². The van der Waals surface area contributed by atoms with E-state index in [1.165, 1.54) is 15.0 Å². The predicted octanol–water partition coefficient (Wildman–Crippen LogP) is 8.28. The quantitative estimate of drug-likeness (QED) is 0.342. The second-order valence-corrected chi connectivity index (χ2v) is 13.3. The van der Waals surface area contributed by atoms with Gasteiger partial charge in [0.05, 0.1) is 23.4 Å². The van der Waals surface area contributed by atoms with Crippen LogP contribution >= 0.6 is 11.3 Å². The maximum atomic E-state index is 13.7. The number of methoxy groups -OCH3 is 1. The first-order valence-corrected chi connectivity index (χ1v) is 14.2. The molecule has 2 heterocycles.